The number of nitrogens with one attached hydrogen (secondary N) is 1. The second-order valence-electron chi connectivity index (χ2n) is 4.52. The molecule has 0 aliphatic heterocycles. The molecule has 2 aromatic carbocycles. The molecule has 0 aliphatic rings. The number of halogens is 2. The van der Waals surface area contributed by atoms with Crippen LogP contribution in [-0.4, -0.2) is 8.42 Å². The minimum absolute atomic E-state index is 0.126. The van der Waals surface area contributed by atoms with E-state index in [4.69, 9.17) is 10.9 Å². The predicted molar refractivity (Wildman–Crippen MR) is 76.6 cm³/mol. The third-order valence-corrected chi connectivity index (χ3v) is 3.87. The molecule has 0 amide bonds. The van der Waals surface area contributed by atoms with E-state index in [9.17, 15) is 17.2 Å². The normalized spacial score (nSPS) is 11.4. The summed E-state index contributed by atoms with van der Waals surface area (Å²) in [7, 11) is -3.96. The number of sulfonamides is 1. The van der Waals surface area contributed by atoms with Crippen molar-refractivity contribution in [2.45, 2.75) is 11.8 Å². The summed E-state index contributed by atoms with van der Waals surface area (Å²) in [6.45, 7) is 1.51. The van der Waals surface area contributed by atoms with Gasteiger partial charge in [-0.05, 0) is 36.8 Å². The summed E-state index contributed by atoms with van der Waals surface area (Å²) < 4.78 is 49.3. The smallest absolute Gasteiger partial charge is 0.238 e. The Bertz CT molecular complexity index is 787. The Morgan fingerprint density at radius 2 is 1.62 bits per heavy atom. The molecule has 0 saturated heterocycles. The molecule has 0 spiro atoms. The van der Waals surface area contributed by atoms with Gasteiger partial charge in [-0.2, -0.15) is 0 Å². The van der Waals surface area contributed by atoms with Gasteiger partial charge in [0.25, 0.3) is 0 Å². The summed E-state index contributed by atoms with van der Waals surface area (Å²) in [4.78, 5) is -0.151. The third kappa shape index (κ3) is 3.47. The quantitative estimate of drug-likeness (QED) is 0.757. The van der Waals surface area contributed by atoms with Gasteiger partial charge in [-0.3, -0.25) is 0 Å². The number of anilines is 3. The summed E-state index contributed by atoms with van der Waals surface area (Å²) in [5.41, 5.74) is 6.51. The van der Waals surface area contributed by atoms with Gasteiger partial charge in [-0.1, -0.05) is 0 Å². The number of nitrogen functional groups attached to an aromatic ring is 1. The van der Waals surface area contributed by atoms with E-state index in [2.05, 4.69) is 5.32 Å². The van der Waals surface area contributed by atoms with Gasteiger partial charge in [0.05, 0.1) is 4.90 Å². The van der Waals surface area contributed by atoms with E-state index in [0.29, 0.717) is 11.3 Å². The Morgan fingerprint density at radius 3 is 2.14 bits per heavy atom. The van der Waals surface area contributed by atoms with E-state index < -0.39 is 21.7 Å². The Labute approximate surface area is 120 Å². The number of hydrogen-bond acceptors (Lipinski definition) is 4. The average molecular weight is 313 g/mol. The van der Waals surface area contributed by atoms with E-state index >= 15 is 0 Å². The van der Waals surface area contributed by atoms with Crippen molar-refractivity contribution in [3.8, 4) is 0 Å². The molecule has 0 saturated carbocycles. The largest absolute Gasteiger partial charge is 0.399 e. The Hall–Kier alpha value is -2.19. The van der Waals surface area contributed by atoms with Crippen molar-refractivity contribution in [2.24, 2.45) is 5.14 Å². The van der Waals surface area contributed by atoms with Gasteiger partial charge in [0, 0.05) is 23.1 Å². The molecule has 2 aromatic rings. The van der Waals surface area contributed by atoms with E-state index in [1.165, 1.54) is 19.1 Å². The van der Waals surface area contributed by atoms with Crippen LogP contribution in [0, 0.1) is 18.6 Å². The fraction of sp³-hybridized carbons (Fsp3) is 0.0769. The highest BCUT2D eigenvalue weighted by molar-refractivity contribution is 7.89. The van der Waals surface area contributed by atoms with Crippen molar-refractivity contribution in [3.05, 3.63) is 47.5 Å². The number of hydrogen-bond donors (Lipinski definition) is 3. The molecular formula is C13H13F2N3O2S. The van der Waals surface area contributed by atoms with Crippen molar-refractivity contribution in [1.29, 1.82) is 0 Å². The van der Waals surface area contributed by atoms with Gasteiger partial charge in [-0.25, -0.2) is 22.3 Å². The molecule has 0 fully saturated rings. The van der Waals surface area contributed by atoms with E-state index in [1.54, 1.807) is 0 Å². The van der Waals surface area contributed by atoms with Crippen LogP contribution < -0.4 is 16.2 Å². The van der Waals surface area contributed by atoms with Crippen LogP contribution in [0.4, 0.5) is 25.8 Å². The van der Waals surface area contributed by atoms with Crippen molar-refractivity contribution < 1.29 is 17.2 Å². The first kappa shape index (κ1) is 15.2. The topological polar surface area (TPSA) is 98.2 Å². The minimum Gasteiger partial charge on any atom is -0.399 e. The molecule has 2 rings (SSSR count). The second kappa shape index (κ2) is 5.30. The monoisotopic (exact) mass is 313 g/mol. The molecule has 21 heavy (non-hydrogen) atoms. The van der Waals surface area contributed by atoms with Crippen LogP contribution in [0.1, 0.15) is 5.56 Å². The van der Waals surface area contributed by atoms with Gasteiger partial charge < -0.3 is 11.1 Å². The van der Waals surface area contributed by atoms with Crippen molar-refractivity contribution in [3.63, 3.8) is 0 Å². The van der Waals surface area contributed by atoms with Crippen molar-refractivity contribution in [1.82, 2.24) is 0 Å². The zero-order valence-electron chi connectivity index (χ0n) is 11.0. The van der Waals surface area contributed by atoms with Crippen LogP contribution in [0.15, 0.2) is 35.2 Å². The lowest BCUT2D eigenvalue weighted by atomic mass is 10.1. The summed E-state index contributed by atoms with van der Waals surface area (Å²) in [6.07, 6.45) is 0. The number of benzene rings is 2. The molecule has 0 radical (unpaired) electrons. The maximum Gasteiger partial charge on any atom is 0.238 e. The Kier molecular flexibility index (Phi) is 3.84. The molecule has 0 atom stereocenters. The molecule has 5 nitrogen and oxygen atoms in total. The second-order valence-corrected chi connectivity index (χ2v) is 6.05. The molecule has 0 aromatic heterocycles. The number of primary sulfonamides is 1. The summed E-state index contributed by atoms with van der Waals surface area (Å²) in [5.74, 6) is -1.52. The number of rotatable bonds is 3. The molecule has 112 valence electrons. The first-order valence-electron chi connectivity index (χ1n) is 5.83. The number of nitrogens with two attached hydrogens (primary N) is 2. The van der Waals surface area contributed by atoms with Crippen LogP contribution >= 0.6 is 0 Å². The maximum absolute atomic E-state index is 13.2. The fourth-order valence-corrected chi connectivity index (χ4v) is 2.75. The van der Waals surface area contributed by atoms with E-state index in [0.717, 1.165) is 18.2 Å². The highest BCUT2D eigenvalue weighted by atomic mass is 32.2. The van der Waals surface area contributed by atoms with E-state index in [1.807, 2.05) is 0 Å². The summed E-state index contributed by atoms with van der Waals surface area (Å²) in [6, 6.07) is 5.55. The zero-order valence-corrected chi connectivity index (χ0v) is 11.8. The fourth-order valence-electron chi connectivity index (χ4n) is 1.92. The highest BCUT2D eigenvalue weighted by Gasteiger charge is 2.16. The Morgan fingerprint density at radius 1 is 1.05 bits per heavy atom. The first-order chi connectivity index (χ1) is 9.66. The zero-order chi connectivity index (χ0) is 15.8. The SMILES string of the molecule is Cc1c(Nc2cc(F)cc(F)c2)cc(N)cc1S(N)(=O)=O. The van der Waals surface area contributed by atoms with Gasteiger partial charge in [-0.15, -0.1) is 0 Å². The molecule has 0 aliphatic carbocycles. The van der Waals surface area contributed by atoms with Crippen LogP contribution in [0.3, 0.4) is 0 Å². The van der Waals surface area contributed by atoms with Crippen LogP contribution in [0.2, 0.25) is 0 Å². The Balaban J connectivity index is 2.52. The minimum atomic E-state index is -3.96. The predicted octanol–water partition coefficient (Wildman–Crippen LogP) is 2.25. The molecular weight excluding hydrogens is 300 g/mol. The standard InChI is InChI=1S/C13H13F2N3O2S/c1-7-12(5-10(16)6-13(7)21(17,19)20)18-11-3-8(14)2-9(15)4-11/h2-6,18H,16H2,1H3,(H2,17,19,20). The molecule has 0 heterocycles. The van der Waals surface area contributed by atoms with Crippen LogP contribution in [0.25, 0.3) is 0 Å². The lowest BCUT2D eigenvalue weighted by Gasteiger charge is -2.14. The molecule has 8 heteroatoms. The first-order valence-corrected chi connectivity index (χ1v) is 7.37. The van der Waals surface area contributed by atoms with Gasteiger partial charge >= 0.3 is 0 Å². The maximum atomic E-state index is 13.2. The van der Waals surface area contributed by atoms with E-state index in [-0.39, 0.29) is 16.3 Å². The lowest BCUT2D eigenvalue weighted by Crippen LogP contribution is -2.15. The molecule has 5 N–H and O–H groups in total. The van der Waals surface area contributed by atoms with Crippen molar-refractivity contribution >= 4 is 27.1 Å². The van der Waals surface area contributed by atoms with Gasteiger partial charge in [0.2, 0.25) is 10.0 Å². The van der Waals surface area contributed by atoms with Crippen molar-refractivity contribution in [2.75, 3.05) is 11.1 Å². The highest BCUT2D eigenvalue weighted by Crippen LogP contribution is 2.29. The average Bonchev–Trinajstić information content (AvgIpc) is 2.30. The van der Waals surface area contributed by atoms with Gasteiger partial charge in [0.1, 0.15) is 11.6 Å². The summed E-state index contributed by atoms with van der Waals surface area (Å²) >= 11 is 0. The molecule has 0 unspecified atom stereocenters. The van der Waals surface area contributed by atoms with Gasteiger partial charge in [0.15, 0.2) is 0 Å². The third-order valence-electron chi connectivity index (χ3n) is 2.83. The summed E-state index contributed by atoms with van der Waals surface area (Å²) in [5, 5.41) is 7.83. The lowest BCUT2D eigenvalue weighted by molar-refractivity contribution is 0.584. The molecule has 0 bridgehead atoms. The van der Waals surface area contributed by atoms with Crippen LogP contribution in [0.5, 0.6) is 0 Å². The van der Waals surface area contributed by atoms with Crippen LogP contribution in [-0.2, 0) is 10.0 Å².